The predicted molar refractivity (Wildman–Crippen MR) is 310 cm³/mol. The van der Waals surface area contributed by atoms with Gasteiger partial charge in [-0.1, -0.05) is 88.7 Å². The van der Waals surface area contributed by atoms with Crippen LogP contribution in [0.5, 0.6) is 5.75 Å². The molecule has 458 valence electrons. The first kappa shape index (κ1) is 66.3. The first-order valence-electron chi connectivity index (χ1n) is 27.9. The average Bonchev–Trinajstić information content (AvgIpc) is 3.64. The molecule has 9 atom stereocenters. The SMILES string of the molecule is CC[C@H](C)[C@H](NC(=O)[C@H](Cc1ccc(O)c(Cc2ccccc2)c1)NC(=O)[C@@H](NC(=O)[C@H](CCCN=C(N)N)NC(=O)[C@@H](N)CC(N)=O)C(C)C)C(=O)N[C@@H](Cc1cnc[nH]1)C(=O)N1CCC[C@H]1C(=O)N[C@@H](Cc1ccc([N+](=O)[O-])cc1)C(=O)O. The molecule has 4 aromatic rings. The number of likely N-dealkylation sites (tertiary alicyclic amines) is 1. The van der Waals surface area contributed by atoms with Gasteiger partial charge in [-0.15, -0.1) is 0 Å². The number of aromatic nitrogens is 2. The molecule has 0 aliphatic carbocycles. The van der Waals surface area contributed by atoms with E-state index in [2.05, 4.69) is 46.9 Å². The zero-order valence-electron chi connectivity index (χ0n) is 47.8. The fourth-order valence-corrected chi connectivity index (χ4v) is 9.57. The van der Waals surface area contributed by atoms with E-state index in [0.29, 0.717) is 41.6 Å². The van der Waals surface area contributed by atoms with Crippen LogP contribution in [-0.2, 0) is 68.8 Å². The number of primary amides is 1. The van der Waals surface area contributed by atoms with Crippen LogP contribution in [0.2, 0.25) is 0 Å². The first-order chi connectivity index (χ1) is 40.3. The van der Waals surface area contributed by atoms with Crippen molar-refractivity contribution in [2.24, 2.45) is 39.8 Å². The number of nitro benzene ring substituents is 1. The highest BCUT2D eigenvalue weighted by Gasteiger charge is 2.41. The summed E-state index contributed by atoms with van der Waals surface area (Å²) in [7, 11) is 0. The maximum Gasteiger partial charge on any atom is 0.326 e. The molecule has 28 heteroatoms. The lowest BCUT2D eigenvalue weighted by molar-refractivity contribution is -0.384. The van der Waals surface area contributed by atoms with Gasteiger partial charge in [-0.05, 0) is 65.8 Å². The van der Waals surface area contributed by atoms with Crippen molar-refractivity contribution in [3.8, 4) is 5.75 Å². The molecule has 1 aromatic heterocycles. The van der Waals surface area contributed by atoms with Crippen molar-refractivity contribution in [2.75, 3.05) is 13.1 Å². The van der Waals surface area contributed by atoms with Gasteiger partial charge in [0, 0.05) is 62.8 Å². The number of amides is 8. The van der Waals surface area contributed by atoms with Crippen LogP contribution in [0.3, 0.4) is 0 Å². The minimum atomic E-state index is -1.48. The predicted octanol–water partition coefficient (Wildman–Crippen LogP) is -0.415. The molecule has 0 saturated carbocycles. The number of imidazole rings is 1. The van der Waals surface area contributed by atoms with Crippen molar-refractivity contribution in [3.05, 3.63) is 123 Å². The van der Waals surface area contributed by atoms with E-state index in [1.807, 2.05) is 30.3 Å². The van der Waals surface area contributed by atoms with E-state index in [1.54, 1.807) is 39.8 Å². The molecule has 3 aromatic carbocycles. The van der Waals surface area contributed by atoms with E-state index in [4.69, 9.17) is 22.9 Å². The summed E-state index contributed by atoms with van der Waals surface area (Å²) in [6.45, 7) is 6.83. The lowest BCUT2D eigenvalue weighted by atomic mass is 9.95. The summed E-state index contributed by atoms with van der Waals surface area (Å²) in [6, 6.07) is 8.15. The number of phenolic OH excluding ortho intramolecular Hbond substituents is 1. The summed E-state index contributed by atoms with van der Waals surface area (Å²) in [5, 5.41) is 48.3. The number of rotatable bonds is 32. The van der Waals surface area contributed by atoms with Crippen molar-refractivity contribution < 1.29 is 58.3 Å². The fourth-order valence-electron chi connectivity index (χ4n) is 9.57. The molecule has 8 amide bonds. The molecular formula is C57H77N15O13. The van der Waals surface area contributed by atoms with Crippen LogP contribution in [0.15, 0.2) is 90.3 Å². The molecule has 0 radical (unpaired) electrons. The van der Waals surface area contributed by atoms with Crippen LogP contribution in [0.25, 0.3) is 0 Å². The topological polar surface area (TPSA) is 458 Å². The zero-order valence-corrected chi connectivity index (χ0v) is 47.8. The Morgan fingerprint density at radius 3 is 2.00 bits per heavy atom. The Morgan fingerprint density at radius 2 is 1.39 bits per heavy atom. The summed E-state index contributed by atoms with van der Waals surface area (Å²) >= 11 is 0. The van der Waals surface area contributed by atoms with Gasteiger partial charge in [0.25, 0.3) is 5.69 Å². The monoisotopic (exact) mass is 1180 g/mol. The Labute approximate surface area is 490 Å². The van der Waals surface area contributed by atoms with Crippen LogP contribution in [0.1, 0.15) is 94.2 Å². The van der Waals surface area contributed by atoms with Crippen molar-refractivity contribution >= 4 is 64.9 Å². The first-order valence-corrected chi connectivity index (χ1v) is 27.9. The summed E-state index contributed by atoms with van der Waals surface area (Å²) in [5.74, 6) is -9.49. The van der Waals surface area contributed by atoms with Gasteiger partial charge >= 0.3 is 5.97 Å². The second-order valence-electron chi connectivity index (χ2n) is 21.3. The van der Waals surface area contributed by atoms with E-state index in [1.165, 1.54) is 47.8 Å². The van der Waals surface area contributed by atoms with Crippen molar-refractivity contribution in [1.29, 1.82) is 0 Å². The number of carboxylic acids is 1. The molecule has 0 bridgehead atoms. The normalized spacial score (nSPS) is 15.7. The van der Waals surface area contributed by atoms with E-state index in [-0.39, 0.29) is 69.0 Å². The van der Waals surface area contributed by atoms with Crippen LogP contribution < -0.4 is 54.8 Å². The van der Waals surface area contributed by atoms with E-state index >= 15 is 0 Å². The molecular weight excluding hydrogens is 1100 g/mol. The second kappa shape index (κ2) is 31.8. The second-order valence-corrected chi connectivity index (χ2v) is 21.3. The Hall–Kier alpha value is -9.47. The number of hydrogen-bond donors (Lipinski definition) is 13. The summed E-state index contributed by atoms with van der Waals surface area (Å²) in [5.41, 5.74) is 24.5. The number of nitro groups is 1. The number of benzene rings is 3. The summed E-state index contributed by atoms with van der Waals surface area (Å²) in [6.07, 6.45) is 2.88. The number of aliphatic imine (C=N–C) groups is 1. The number of aliphatic carboxylic acids is 1. The highest BCUT2D eigenvalue weighted by atomic mass is 16.6. The van der Waals surface area contributed by atoms with E-state index < -0.39 is 125 Å². The van der Waals surface area contributed by atoms with Crippen molar-refractivity contribution in [3.63, 3.8) is 0 Å². The fraction of sp³-hybridized carbons (Fsp3) is 0.456. The van der Waals surface area contributed by atoms with Gasteiger partial charge in [-0.25, -0.2) is 9.78 Å². The third-order valence-electron chi connectivity index (χ3n) is 14.5. The number of phenols is 1. The number of guanidine groups is 1. The number of carbonyl (C=O) groups excluding carboxylic acids is 8. The Bertz CT molecular complexity index is 3010. The molecule has 0 spiro atoms. The van der Waals surface area contributed by atoms with Crippen molar-refractivity contribution in [1.82, 2.24) is 46.8 Å². The molecule has 1 aliphatic rings. The van der Waals surface area contributed by atoms with Crippen LogP contribution in [0, 0.1) is 22.0 Å². The van der Waals surface area contributed by atoms with Crippen LogP contribution in [-0.4, -0.2) is 151 Å². The molecule has 1 fully saturated rings. The number of aromatic hydroxyl groups is 1. The zero-order chi connectivity index (χ0) is 62.5. The number of non-ortho nitro benzene ring substituents is 1. The Balaban J connectivity index is 1.43. The Kier molecular flexibility index (Phi) is 24.8. The van der Waals surface area contributed by atoms with E-state index in [0.717, 1.165) is 5.56 Å². The highest BCUT2D eigenvalue weighted by Crippen LogP contribution is 2.25. The molecule has 1 aliphatic heterocycles. The van der Waals surface area contributed by atoms with Gasteiger partial charge in [0.15, 0.2) is 5.96 Å². The Morgan fingerprint density at radius 1 is 0.765 bits per heavy atom. The third kappa shape index (κ3) is 20.1. The summed E-state index contributed by atoms with van der Waals surface area (Å²) < 4.78 is 0. The number of H-pyrrole nitrogens is 1. The number of hydrogen-bond acceptors (Lipinski definition) is 15. The molecule has 2 heterocycles. The quantitative estimate of drug-likeness (QED) is 0.00971. The molecule has 28 nitrogen and oxygen atoms in total. The van der Waals surface area contributed by atoms with Gasteiger partial charge < -0.3 is 74.9 Å². The van der Waals surface area contributed by atoms with Gasteiger partial charge in [-0.2, -0.15) is 0 Å². The van der Waals surface area contributed by atoms with Crippen LogP contribution >= 0.6 is 0 Å². The lowest BCUT2D eigenvalue weighted by Gasteiger charge is -2.32. The maximum atomic E-state index is 15.0. The lowest BCUT2D eigenvalue weighted by Crippen LogP contribution is -2.62. The third-order valence-corrected chi connectivity index (χ3v) is 14.5. The van der Waals surface area contributed by atoms with Gasteiger partial charge in [-0.3, -0.25) is 53.5 Å². The van der Waals surface area contributed by atoms with Gasteiger partial charge in [0.1, 0.15) is 48.0 Å². The molecule has 85 heavy (non-hydrogen) atoms. The number of nitrogens with two attached hydrogens (primary N) is 4. The van der Waals surface area contributed by atoms with Gasteiger partial charge in [0.05, 0.1) is 23.7 Å². The number of carbonyl (C=O) groups is 9. The molecule has 17 N–H and O–H groups in total. The highest BCUT2D eigenvalue weighted by molar-refractivity contribution is 5.98. The van der Waals surface area contributed by atoms with Crippen LogP contribution in [0.4, 0.5) is 5.69 Å². The average molecular weight is 1180 g/mol. The smallest absolute Gasteiger partial charge is 0.326 e. The summed E-state index contributed by atoms with van der Waals surface area (Å²) in [4.78, 5) is 147. The maximum absolute atomic E-state index is 15.0. The number of aromatic amines is 1. The minimum absolute atomic E-state index is 0.0338. The minimum Gasteiger partial charge on any atom is -0.508 e. The van der Waals surface area contributed by atoms with Crippen molar-refractivity contribution in [2.45, 2.75) is 140 Å². The largest absolute Gasteiger partial charge is 0.508 e. The number of nitrogens with one attached hydrogen (secondary N) is 7. The van der Waals surface area contributed by atoms with E-state index in [9.17, 15) is 63.5 Å². The van der Waals surface area contributed by atoms with Gasteiger partial charge in [0.2, 0.25) is 47.3 Å². The molecule has 5 rings (SSSR count). The molecule has 1 saturated heterocycles. The molecule has 0 unspecified atom stereocenters. The number of carboxylic acid groups (broad SMARTS) is 1. The number of nitrogens with zero attached hydrogens (tertiary/aromatic N) is 4. The standard InChI is InChI=1S/C57H77N15O13/c1-5-32(4)48(54(80)67-42(27-37-29-62-30-64-37)55(81)71-22-10-14-44(71)52(78)68-43(56(82)83)25-34-15-18-38(19-16-34)72(84)85)70-51(77)41(26-35-17-20-45(73)36(24-35)23-33-11-7-6-8-12-33)66-53(79)47(31(2)3)69-50(76)40(13-9-21-63-57(60)61)65-49(75)39(58)28-46(59)74/h6-8,11-12,15-20,24,29-32,39-44,47-48,73H,5,9-10,13-14,21-23,25-28,58H2,1-4H3,(H2,59,74)(H,62,64)(H,65,75)(H,66,79)(H,67,80)(H,68,78)(H,69,76)(H,70,77)(H,82,83)(H4,60,61,63)/t32-,39-,40-,41-,42-,43-,44-,47-,48-/m0/s1.